The number of likely N-dealkylation sites (tertiary alicyclic amines) is 1. The Morgan fingerprint density at radius 3 is 2.71 bits per heavy atom. The van der Waals surface area contributed by atoms with Crippen LogP contribution in [-0.2, 0) is 11.3 Å². The standard InChI is InChI=1S/C15H21N3O3/c1-17(11-13-3-2-6-16-10-13)15(21)18-7-4-12(5-8-18)9-14(19)20/h2-3,6,10,12H,4-5,7-9,11H2,1H3,(H,19,20). The lowest BCUT2D eigenvalue weighted by molar-refractivity contribution is -0.138. The first-order chi connectivity index (χ1) is 10.1. The number of aliphatic carboxylic acids is 1. The molecule has 0 saturated carbocycles. The van der Waals surface area contributed by atoms with Crippen LogP contribution in [0.4, 0.5) is 4.79 Å². The van der Waals surface area contributed by atoms with E-state index < -0.39 is 5.97 Å². The molecule has 1 saturated heterocycles. The summed E-state index contributed by atoms with van der Waals surface area (Å²) >= 11 is 0. The minimum Gasteiger partial charge on any atom is -0.481 e. The van der Waals surface area contributed by atoms with Crippen LogP contribution in [0, 0.1) is 5.92 Å². The van der Waals surface area contributed by atoms with Crippen LogP contribution in [0.15, 0.2) is 24.5 Å². The summed E-state index contributed by atoms with van der Waals surface area (Å²) in [5, 5.41) is 8.80. The van der Waals surface area contributed by atoms with Crippen molar-refractivity contribution in [3.63, 3.8) is 0 Å². The Hall–Kier alpha value is -2.11. The second-order valence-electron chi connectivity index (χ2n) is 5.53. The fraction of sp³-hybridized carbons (Fsp3) is 0.533. The van der Waals surface area contributed by atoms with Gasteiger partial charge in [0.2, 0.25) is 0 Å². The fourth-order valence-corrected chi connectivity index (χ4v) is 2.65. The number of nitrogens with zero attached hydrogens (tertiary/aromatic N) is 3. The van der Waals surface area contributed by atoms with Gasteiger partial charge in [0.1, 0.15) is 0 Å². The number of amides is 2. The molecule has 6 nitrogen and oxygen atoms in total. The Morgan fingerprint density at radius 1 is 1.43 bits per heavy atom. The molecular formula is C15H21N3O3. The third-order valence-electron chi connectivity index (χ3n) is 3.82. The Morgan fingerprint density at radius 2 is 2.14 bits per heavy atom. The van der Waals surface area contributed by atoms with E-state index in [0.717, 1.165) is 18.4 Å². The molecule has 0 aromatic carbocycles. The molecule has 1 fully saturated rings. The van der Waals surface area contributed by atoms with Crippen molar-refractivity contribution in [2.24, 2.45) is 5.92 Å². The largest absolute Gasteiger partial charge is 0.481 e. The van der Waals surface area contributed by atoms with Crippen molar-refractivity contribution in [3.05, 3.63) is 30.1 Å². The molecule has 1 aliphatic heterocycles. The van der Waals surface area contributed by atoms with Gasteiger partial charge in [0.25, 0.3) is 0 Å². The van der Waals surface area contributed by atoms with Gasteiger partial charge in [-0.3, -0.25) is 9.78 Å². The molecule has 2 rings (SSSR count). The minimum absolute atomic E-state index is 0.00683. The van der Waals surface area contributed by atoms with Crippen molar-refractivity contribution in [2.75, 3.05) is 20.1 Å². The first kappa shape index (κ1) is 15.3. The lowest BCUT2D eigenvalue weighted by Crippen LogP contribution is -2.45. The van der Waals surface area contributed by atoms with Crippen molar-refractivity contribution in [1.29, 1.82) is 0 Å². The average molecular weight is 291 g/mol. The van der Waals surface area contributed by atoms with Crippen molar-refractivity contribution < 1.29 is 14.7 Å². The second kappa shape index (κ2) is 7.06. The Balaban J connectivity index is 1.82. The molecular weight excluding hydrogens is 270 g/mol. The Kier molecular flexibility index (Phi) is 5.14. The summed E-state index contributed by atoms with van der Waals surface area (Å²) in [7, 11) is 1.78. The van der Waals surface area contributed by atoms with E-state index in [-0.39, 0.29) is 18.4 Å². The lowest BCUT2D eigenvalue weighted by atomic mass is 9.94. The molecule has 21 heavy (non-hydrogen) atoms. The molecule has 2 amide bonds. The molecule has 0 spiro atoms. The predicted molar refractivity (Wildman–Crippen MR) is 77.6 cm³/mol. The van der Waals surface area contributed by atoms with Gasteiger partial charge in [-0.15, -0.1) is 0 Å². The van der Waals surface area contributed by atoms with Crippen molar-refractivity contribution >= 4 is 12.0 Å². The molecule has 0 radical (unpaired) electrons. The van der Waals surface area contributed by atoms with Gasteiger partial charge in [0, 0.05) is 45.5 Å². The Labute approximate surface area is 124 Å². The number of carbonyl (C=O) groups is 2. The zero-order valence-corrected chi connectivity index (χ0v) is 12.2. The maximum absolute atomic E-state index is 12.3. The van der Waals surface area contributed by atoms with Crippen molar-refractivity contribution in [2.45, 2.75) is 25.8 Å². The normalized spacial score (nSPS) is 15.8. The van der Waals surface area contributed by atoms with Crippen molar-refractivity contribution in [3.8, 4) is 0 Å². The van der Waals surface area contributed by atoms with E-state index in [4.69, 9.17) is 5.11 Å². The van der Waals surface area contributed by atoms with Gasteiger partial charge in [-0.25, -0.2) is 4.79 Å². The van der Waals surface area contributed by atoms with Crippen LogP contribution >= 0.6 is 0 Å². The van der Waals surface area contributed by atoms with Crippen LogP contribution in [0.2, 0.25) is 0 Å². The first-order valence-corrected chi connectivity index (χ1v) is 7.17. The highest BCUT2D eigenvalue weighted by Gasteiger charge is 2.26. The summed E-state index contributed by atoms with van der Waals surface area (Å²) in [6.45, 7) is 1.80. The van der Waals surface area contributed by atoms with Crippen LogP contribution in [0.1, 0.15) is 24.8 Å². The van der Waals surface area contributed by atoms with E-state index in [9.17, 15) is 9.59 Å². The summed E-state index contributed by atoms with van der Waals surface area (Å²) < 4.78 is 0. The third kappa shape index (κ3) is 4.44. The van der Waals surface area contributed by atoms with Gasteiger partial charge in [-0.05, 0) is 30.4 Å². The van der Waals surface area contributed by atoms with Gasteiger partial charge < -0.3 is 14.9 Å². The predicted octanol–water partition coefficient (Wildman–Crippen LogP) is 1.82. The van der Waals surface area contributed by atoms with E-state index in [1.54, 1.807) is 29.2 Å². The molecule has 1 N–H and O–H groups in total. The van der Waals surface area contributed by atoms with Gasteiger partial charge in [-0.1, -0.05) is 6.07 Å². The van der Waals surface area contributed by atoms with Crippen LogP contribution in [0.25, 0.3) is 0 Å². The SMILES string of the molecule is CN(Cc1cccnc1)C(=O)N1CCC(CC(=O)O)CC1. The number of pyridine rings is 1. The number of rotatable bonds is 4. The first-order valence-electron chi connectivity index (χ1n) is 7.17. The van der Waals surface area contributed by atoms with Gasteiger partial charge in [-0.2, -0.15) is 0 Å². The maximum atomic E-state index is 12.3. The molecule has 0 unspecified atom stereocenters. The number of carboxylic acids is 1. The van der Waals surface area contributed by atoms with Gasteiger partial charge in [0.15, 0.2) is 0 Å². The minimum atomic E-state index is -0.756. The number of aromatic nitrogens is 1. The highest BCUT2D eigenvalue weighted by Crippen LogP contribution is 2.21. The van der Waals surface area contributed by atoms with Crippen LogP contribution in [0.3, 0.4) is 0 Å². The van der Waals surface area contributed by atoms with Crippen molar-refractivity contribution in [1.82, 2.24) is 14.8 Å². The average Bonchev–Trinajstić information content (AvgIpc) is 2.47. The molecule has 2 heterocycles. The summed E-state index contributed by atoms with van der Waals surface area (Å²) in [6, 6.07) is 3.79. The zero-order chi connectivity index (χ0) is 15.2. The monoisotopic (exact) mass is 291 g/mol. The summed E-state index contributed by atoms with van der Waals surface area (Å²) in [4.78, 5) is 30.6. The van der Waals surface area contributed by atoms with Crippen LogP contribution < -0.4 is 0 Å². The molecule has 0 aliphatic carbocycles. The summed E-state index contributed by atoms with van der Waals surface area (Å²) in [6.07, 6.45) is 5.19. The maximum Gasteiger partial charge on any atom is 0.320 e. The van der Waals surface area contributed by atoms with E-state index in [1.807, 2.05) is 12.1 Å². The molecule has 0 bridgehead atoms. The quantitative estimate of drug-likeness (QED) is 0.918. The molecule has 0 atom stereocenters. The molecule has 6 heteroatoms. The molecule has 1 aromatic rings. The van der Waals surface area contributed by atoms with E-state index in [2.05, 4.69) is 4.98 Å². The van der Waals surface area contributed by atoms with Crippen LogP contribution in [-0.4, -0.2) is 52.0 Å². The highest BCUT2D eigenvalue weighted by atomic mass is 16.4. The van der Waals surface area contributed by atoms with E-state index >= 15 is 0 Å². The Bertz CT molecular complexity index is 484. The number of hydrogen-bond donors (Lipinski definition) is 1. The topological polar surface area (TPSA) is 73.7 Å². The second-order valence-corrected chi connectivity index (χ2v) is 5.53. The summed E-state index contributed by atoms with van der Waals surface area (Å²) in [5.41, 5.74) is 0.995. The van der Waals surface area contributed by atoms with Gasteiger partial charge in [0.05, 0.1) is 0 Å². The zero-order valence-electron chi connectivity index (χ0n) is 12.2. The van der Waals surface area contributed by atoms with E-state index in [1.165, 1.54) is 0 Å². The fourth-order valence-electron chi connectivity index (χ4n) is 2.65. The van der Waals surface area contributed by atoms with Gasteiger partial charge >= 0.3 is 12.0 Å². The smallest absolute Gasteiger partial charge is 0.320 e. The molecule has 1 aliphatic rings. The number of carbonyl (C=O) groups excluding carboxylic acids is 1. The lowest BCUT2D eigenvalue weighted by Gasteiger charge is -2.34. The number of urea groups is 1. The molecule has 114 valence electrons. The number of carboxylic acid groups (broad SMARTS) is 1. The van der Waals surface area contributed by atoms with Crippen LogP contribution in [0.5, 0.6) is 0 Å². The highest BCUT2D eigenvalue weighted by molar-refractivity contribution is 5.74. The van der Waals surface area contributed by atoms with E-state index in [0.29, 0.717) is 19.6 Å². The number of piperidine rings is 1. The third-order valence-corrected chi connectivity index (χ3v) is 3.82. The number of hydrogen-bond acceptors (Lipinski definition) is 3. The summed E-state index contributed by atoms with van der Waals surface area (Å²) in [5.74, 6) is -0.566. The molecule has 1 aromatic heterocycles.